The lowest BCUT2D eigenvalue weighted by Gasteiger charge is -2.31. The van der Waals surface area contributed by atoms with Crippen molar-refractivity contribution in [1.82, 2.24) is 4.90 Å². The Labute approximate surface area is 115 Å². The van der Waals surface area contributed by atoms with Crippen LogP contribution in [-0.2, 0) is 11.2 Å². The third-order valence-corrected chi connectivity index (χ3v) is 4.09. The maximum atomic E-state index is 12.4. The molecule has 0 radical (unpaired) electrons. The van der Waals surface area contributed by atoms with Gasteiger partial charge in [0.05, 0.1) is 5.92 Å². The topological polar surface area (TPSA) is 46.3 Å². The van der Waals surface area contributed by atoms with Gasteiger partial charge in [-0.15, -0.1) is 0 Å². The molecule has 2 N–H and O–H groups in total. The molecule has 1 aliphatic rings. The van der Waals surface area contributed by atoms with Gasteiger partial charge in [0.25, 0.3) is 0 Å². The molecule has 0 saturated heterocycles. The zero-order valence-corrected chi connectivity index (χ0v) is 11.7. The summed E-state index contributed by atoms with van der Waals surface area (Å²) >= 11 is 0. The summed E-state index contributed by atoms with van der Waals surface area (Å²) in [6, 6.07) is 10.1. The number of carbonyl (C=O) groups excluding carboxylic acids is 1. The van der Waals surface area contributed by atoms with Crippen LogP contribution in [0.15, 0.2) is 30.3 Å². The first kappa shape index (κ1) is 14.1. The summed E-state index contributed by atoms with van der Waals surface area (Å²) in [7, 11) is 1.91. The maximum absolute atomic E-state index is 12.4. The van der Waals surface area contributed by atoms with Gasteiger partial charge in [-0.1, -0.05) is 36.8 Å². The fourth-order valence-corrected chi connectivity index (χ4v) is 2.63. The van der Waals surface area contributed by atoms with Crippen LogP contribution in [0.25, 0.3) is 0 Å². The molecule has 1 fully saturated rings. The molecular weight excluding hydrogens is 236 g/mol. The van der Waals surface area contributed by atoms with Crippen molar-refractivity contribution < 1.29 is 4.79 Å². The molecule has 2 rings (SSSR count). The smallest absolute Gasteiger partial charge is 0.227 e. The van der Waals surface area contributed by atoms with Gasteiger partial charge < -0.3 is 10.6 Å². The highest BCUT2D eigenvalue weighted by atomic mass is 16.2. The van der Waals surface area contributed by atoms with Crippen molar-refractivity contribution in [3.63, 3.8) is 0 Å². The number of hydrogen-bond acceptors (Lipinski definition) is 2. The van der Waals surface area contributed by atoms with E-state index in [1.165, 1.54) is 24.8 Å². The Morgan fingerprint density at radius 2 is 2.05 bits per heavy atom. The summed E-state index contributed by atoms with van der Waals surface area (Å²) in [5.74, 6) is 0.815. The number of carbonyl (C=O) groups is 1. The normalized spacial score (nSPS) is 16.7. The van der Waals surface area contributed by atoms with Crippen LogP contribution in [0.4, 0.5) is 0 Å². The highest BCUT2D eigenvalue weighted by Gasteiger charge is 2.25. The summed E-state index contributed by atoms with van der Waals surface area (Å²) < 4.78 is 0. The Balaban J connectivity index is 1.90. The fraction of sp³-hybridized carbons (Fsp3) is 0.562. The second kappa shape index (κ2) is 6.71. The number of nitrogens with zero attached hydrogens (tertiary/aromatic N) is 1. The maximum Gasteiger partial charge on any atom is 0.227 e. The lowest BCUT2D eigenvalue weighted by Crippen LogP contribution is -2.41. The van der Waals surface area contributed by atoms with Gasteiger partial charge in [-0.05, 0) is 30.7 Å². The number of hydrogen-bond donors (Lipinski definition) is 1. The molecule has 1 aromatic carbocycles. The summed E-state index contributed by atoms with van der Waals surface area (Å²) in [6.45, 7) is 1.31. The van der Waals surface area contributed by atoms with Gasteiger partial charge in [0.2, 0.25) is 5.91 Å². The van der Waals surface area contributed by atoms with E-state index in [2.05, 4.69) is 12.1 Å². The van der Waals surface area contributed by atoms with E-state index in [1.807, 2.05) is 30.1 Å². The molecule has 1 aromatic rings. The van der Waals surface area contributed by atoms with E-state index in [0.717, 1.165) is 13.0 Å². The van der Waals surface area contributed by atoms with Crippen molar-refractivity contribution >= 4 is 5.91 Å². The molecule has 0 bridgehead atoms. The van der Waals surface area contributed by atoms with Crippen molar-refractivity contribution in [2.75, 3.05) is 20.1 Å². The Kier molecular flexibility index (Phi) is 4.97. The van der Waals surface area contributed by atoms with Gasteiger partial charge in [0.1, 0.15) is 0 Å². The Morgan fingerprint density at radius 1 is 1.37 bits per heavy atom. The minimum absolute atomic E-state index is 0.0903. The highest BCUT2D eigenvalue weighted by Crippen LogP contribution is 2.27. The van der Waals surface area contributed by atoms with Gasteiger partial charge in [0, 0.05) is 20.1 Å². The van der Waals surface area contributed by atoms with Crippen LogP contribution in [-0.4, -0.2) is 30.9 Å². The lowest BCUT2D eigenvalue weighted by molar-refractivity contribution is -0.134. The Hall–Kier alpha value is -1.35. The molecule has 1 unspecified atom stereocenters. The average molecular weight is 260 g/mol. The molecule has 0 heterocycles. The van der Waals surface area contributed by atoms with E-state index >= 15 is 0 Å². The molecule has 104 valence electrons. The van der Waals surface area contributed by atoms with E-state index in [9.17, 15) is 4.79 Å². The van der Waals surface area contributed by atoms with E-state index in [1.54, 1.807) is 0 Å². The van der Waals surface area contributed by atoms with Crippen LogP contribution < -0.4 is 5.73 Å². The SMILES string of the molecule is CN(CC1CCC1)C(=O)C(CN)Cc1ccccc1. The zero-order chi connectivity index (χ0) is 13.7. The van der Waals surface area contributed by atoms with Crippen molar-refractivity contribution in [3.8, 4) is 0 Å². The second-order valence-corrected chi connectivity index (χ2v) is 5.64. The first-order valence-electron chi connectivity index (χ1n) is 7.19. The number of nitrogens with two attached hydrogens (primary N) is 1. The van der Waals surface area contributed by atoms with Crippen LogP contribution in [0.1, 0.15) is 24.8 Å². The quantitative estimate of drug-likeness (QED) is 0.851. The molecule has 1 saturated carbocycles. The average Bonchev–Trinajstić information content (AvgIpc) is 2.40. The van der Waals surface area contributed by atoms with Gasteiger partial charge in [-0.3, -0.25) is 4.79 Å². The first-order valence-corrected chi connectivity index (χ1v) is 7.19. The fourth-order valence-electron chi connectivity index (χ4n) is 2.63. The standard InChI is InChI=1S/C16H24N2O/c1-18(12-14-8-5-9-14)16(19)15(11-17)10-13-6-3-2-4-7-13/h2-4,6-7,14-15H,5,8-12,17H2,1H3. The summed E-state index contributed by atoms with van der Waals surface area (Å²) in [4.78, 5) is 14.3. The number of benzene rings is 1. The van der Waals surface area contributed by atoms with Crippen LogP contribution in [0.5, 0.6) is 0 Å². The van der Waals surface area contributed by atoms with Gasteiger partial charge in [0.15, 0.2) is 0 Å². The van der Waals surface area contributed by atoms with E-state index < -0.39 is 0 Å². The van der Waals surface area contributed by atoms with Crippen molar-refractivity contribution in [2.45, 2.75) is 25.7 Å². The minimum atomic E-state index is -0.0903. The number of amides is 1. The molecule has 0 aliphatic heterocycles. The molecule has 3 nitrogen and oxygen atoms in total. The van der Waals surface area contributed by atoms with Crippen molar-refractivity contribution in [2.24, 2.45) is 17.6 Å². The van der Waals surface area contributed by atoms with E-state index in [-0.39, 0.29) is 11.8 Å². The molecule has 3 heteroatoms. The zero-order valence-electron chi connectivity index (χ0n) is 11.7. The molecule has 1 aliphatic carbocycles. The van der Waals surface area contributed by atoms with Crippen LogP contribution in [0.3, 0.4) is 0 Å². The van der Waals surface area contributed by atoms with Crippen LogP contribution >= 0.6 is 0 Å². The number of rotatable bonds is 6. The van der Waals surface area contributed by atoms with E-state index in [4.69, 9.17) is 5.73 Å². The second-order valence-electron chi connectivity index (χ2n) is 5.64. The Bertz CT molecular complexity index is 400. The molecule has 1 atom stereocenters. The molecule has 19 heavy (non-hydrogen) atoms. The van der Waals surface area contributed by atoms with Crippen molar-refractivity contribution in [3.05, 3.63) is 35.9 Å². The summed E-state index contributed by atoms with van der Waals surface area (Å²) in [5, 5.41) is 0. The predicted molar refractivity (Wildman–Crippen MR) is 77.7 cm³/mol. The third-order valence-electron chi connectivity index (χ3n) is 4.09. The van der Waals surface area contributed by atoms with Crippen LogP contribution in [0, 0.1) is 11.8 Å². The van der Waals surface area contributed by atoms with Crippen LogP contribution in [0.2, 0.25) is 0 Å². The lowest BCUT2D eigenvalue weighted by atomic mass is 9.85. The Morgan fingerprint density at radius 3 is 2.58 bits per heavy atom. The molecule has 1 amide bonds. The van der Waals surface area contributed by atoms with E-state index in [0.29, 0.717) is 12.5 Å². The first-order chi connectivity index (χ1) is 9.20. The van der Waals surface area contributed by atoms with Gasteiger partial charge in [-0.2, -0.15) is 0 Å². The largest absolute Gasteiger partial charge is 0.345 e. The third kappa shape index (κ3) is 3.80. The summed E-state index contributed by atoms with van der Waals surface area (Å²) in [5.41, 5.74) is 6.97. The minimum Gasteiger partial charge on any atom is -0.345 e. The van der Waals surface area contributed by atoms with Crippen molar-refractivity contribution in [1.29, 1.82) is 0 Å². The van der Waals surface area contributed by atoms with Gasteiger partial charge >= 0.3 is 0 Å². The monoisotopic (exact) mass is 260 g/mol. The highest BCUT2D eigenvalue weighted by molar-refractivity contribution is 5.79. The van der Waals surface area contributed by atoms with Gasteiger partial charge in [-0.25, -0.2) is 0 Å². The summed E-state index contributed by atoms with van der Waals surface area (Å²) in [6.07, 6.45) is 4.59. The predicted octanol–water partition coefficient (Wildman–Crippen LogP) is 2.06. The molecule has 0 spiro atoms. The molecule has 0 aromatic heterocycles. The molecular formula is C16H24N2O.